The van der Waals surface area contributed by atoms with Crippen LogP contribution in [-0.4, -0.2) is 40.1 Å². The Hall–Kier alpha value is -0.140. The van der Waals surface area contributed by atoms with E-state index in [4.69, 9.17) is 0 Å². The van der Waals surface area contributed by atoms with Crippen molar-refractivity contribution in [3.05, 3.63) is 0 Å². The van der Waals surface area contributed by atoms with Gasteiger partial charge in [0.25, 0.3) is 0 Å². The number of nitrogens with one attached hydrogen (secondary N) is 1. The Bertz CT molecular complexity index is 296. The van der Waals surface area contributed by atoms with Crippen LogP contribution in [0.3, 0.4) is 0 Å². The maximum absolute atomic E-state index is 10.9. The molecule has 0 atom stereocenters. The predicted molar refractivity (Wildman–Crippen MR) is 51.8 cm³/mol. The summed E-state index contributed by atoms with van der Waals surface area (Å²) >= 11 is 0. The van der Waals surface area contributed by atoms with Gasteiger partial charge in [-0.15, -0.1) is 0 Å². The second-order valence-electron chi connectivity index (χ2n) is 2.60. The molecule has 0 aromatic rings. The summed E-state index contributed by atoms with van der Waals surface area (Å²) in [6.45, 7) is 3.04. The van der Waals surface area contributed by atoms with Gasteiger partial charge in [-0.1, -0.05) is 13.8 Å². The third-order valence-electron chi connectivity index (χ3n) is 1.52. The molecular weight excluding hydrogens is 214 g/mol. The smallest absolute Gasteiger partial charge is 0.162 e. The third kappa shape index (κ3) is 6.00. The Morgan fingerprint density at radius 2 is 1.15 bits per heavy atom. The van der Waals surface area contributed by atoms with Crippen molar-refractivity contribution in [1.29, 1.82) is 0 Å². The third-order valence-corrected chi connectivity index (χ3v) is 4.57. The van der Waals surface area contributed by atoms with Crippen molar-refractivity contribution in [2.45, 2.75) is 13.8 Å². The molecule has 0 aliphatic carbocycles. The van der Waals surface area contributed by atoms with Crippen molar-refractivity contribution in [2.24, 2.45) is 0 Å². The summed E-state index contributed by atoms with van der Waals surface area (Å²) in [6.07, 6.45) is 0. The summed E-state index contributed by atoms with van der Waals surface area (Å²) in [7, 11) is -6.25. The van der Waals surface area contributed by atoms with Crippen LogP contribution in [0.1, 0.15) is 13.8 Å². The molecule has 7 heteroatoms. The summed E-state index contributed by atoms with van der Waals surface area (Å²) in [6, 6.07) is 0. The molecule has 0 aliphatic rings. The Labute approximate surface area is 79.4 Å². The van der Waals surface area contributed by atoms with Crippen molar-refractivity contribution < 1.29 is 16.8 Å². The monoisotopic (exact) mass is 229 g/mol. The Balaban J connectivity index is 3.96. The highest BCUT2D eigenvalue weighted by atomic mass is 32.2. The van der Waals surface area contributed by atoms with Crippen LogP contribution in [0.15, 0.2) is 0 Å². The Morgan fingerprint density at radius 1 is 0.846 bits per heavy atom. The first-order valence-electron chi connectivity index (χ1n) is 3.94. The molecule has 80 valence electrons. The molecule has 0 spiro atoms. The minimum absolute atomic E-state index is 0.0200. The van der Waals surface area contributed by atoms with E-state index in [2.05, 4.69) is 5.32 Å². The highest BCUT2D eigenvalue weighted by Crippen LogP contribution is 1.89. The normalized spacial score (nSPS) is 13.1. The summed E-state index contributed by atoms with van der Waals surface area (Å²) in [4.78, 5) is 0. The maximum Gasteiger partial charge on any atom is 0.162 e. The molecule has 0 radical (unpaired) electrons. The minimum atomic E-state index is -3.13. The largest absolute Gasteiger partial charge is 0.290 e. The van der Waals surface area contributed by atoms with Crippen molar-refractivity contribution in [1.82, 2.24) is 5.32 Å². The molecule has 0 aliphatic heterocycles. The van der Waals surface area contributed by atoms with Gasteiger partial charge in [0.2, 0.25) is 0 Å². The van der Waals surface area contributed by atoms with Gasteiger partial charge in [-0.25, -0.2) is 16.8 Å². The minimum Gasteiger partial charge on any atom is -0.290 e. The summed E-state index contributed by atoms with van der Waals surface area (Å²) in [5.41, 5.74) is 0. The lowest BCUT2D eigenvalue weighted by Crippen LogP contribution is -2.30. The van der Waals surface area contributed by atoms with Crippen LogP contribution in [0.25, 0.3) is 0 Å². The van der Waals surface area contributed by atoms with E-state index in [0.717, 1.165) is 0 Å². The molecule has 1 N–H and O–H groups in total. The SMILES string of the molecule is CCS(=O)(=O)CNCS(=O)(=O)CC. The molecule has 0 aromatic carbocycles. The van der Waals surface area contributed by atoms with Crippen LogP contribution < -0.4 is 5.32 Å². The van der Waals surface area contributed by atoms with Crippen molar-refractivity contribution in [3.8, 4) is 0 Å². The fraction of sp³-hybridized carbons (Fsp3) is 1.00. The molecule has 0 saturated heterocycles. The van der Waals surface area contributed by atoms with Crippen LogP contribution in [0.5, 0.6) is 0 Å². The number of rotatable bonds is 6. The van der Waals surface area contributed by atoms with E-state index in [-0.39, 0.29) is 23.3 Å². The first-order chi connectivity index (χ1) is 5.83. The van der Waals surface area contributed by atoms with Gasteiger partial charge >= 0.3 is 0 Å². The standard InChI is InChI=1S/C6H15NO4S2/c1-3-12(8,9)5-7-6-13(10,11)4-2/h7H,3-6H2,1-2H3. The molecule has 0 saturated carbocycles. The van der Waals surface area contributed by atoms with Crippen LogP contribution >= 0.6 is 0 Å². The van der Waals surface area contributed by atoms with E-state index in [0.29, 0.717) is 0 Å². The molecule has 0 amide bonds. The summed E-state index contributed by atoms with van der Waals surface area (Å²) in [5.74, 6) is -0.510. The van der Waals surface area contributed by atoms with Crippen LogP contribution in [0, 0.1) is 0 Å². The van der Waals surface area contributed by atoms with Gasteiger partial charge in [-0.05, 0) is 0 Å². The first-order valence-corrected chi connectivity index (χ1v) is 7.59. The van der Waals surface area contributed by atoms with Gasteiger partial charge in [0.05, 0.1) is 11.8 Å². The molecule has 0 unspecified atom stereocenters. The van der Waals surface area contributed by atoms with Gasteiger partial charge in [0, 0.05) is 11.5 Å². The summed E-state index contributed by atoms with van der Waals surface area (Å²) < 4.78 is 43.7. The van der Waals surface area contributed by atoms with E-state index in [1.165, 1.54) is 13.8 Å². The summed E-state index contributed by atoms with van der Waals surface area (Å²) in [5, 5.41) is 2.39. The van der Waals surface area contributed by atoms with Gasteiger partial charge < -0.3 is 0 Å². The second-order valence-corrected chi connectivity index (χ2v) is 7.31. The molecule has 0 bridgehead atoms. The predicted octanol–water partition coefficient (Wildman–Crippen LogP) is -0.640. The highest BCUT2D eigenvalue weighted by molar-refractivity contribution is 7.92. The average Bonchev–Trinajstić information content (AvgIpc) is 2.04. The van der Waals surface area contributed by atoms with Crippen molar-refractivity contribution >= 4 is 19.7 Å². The van der Waals surface area contributed by atoms with Crippen LogP contribution in [0.4, 0.5) is 0 Å². The quantitative estimate of drug-likeness (QED) is 0.655. The molecule has 13 heavy (non-hydrogen) atoms. The Kier molecular flexibility index (Phi) is 4.87. The molecule has 5 nitrogen and oxygen atoms in total. The van der Waals surface area contributed by atoms with E-state index in [1.807, 2.05) is 0 Å². The Morgan fingerprint density at radius 3 is 1.38 bits per heavy atom. The lowest BCUT2D eigenvalue weighted by Gasteiger charge is -2.03. The van der Waals surface area contributed by atoms with Crippen molar-refractivity contribution in [2.75, 3.05) is 23.3 Å². The van der Waals surface area contributed by atoms with Crippen LogP contribution in [-0.2, 0) is 19.7 Å². The van der Waals surface area contributed by atoms with Gasteiger partial charge in [0.15, 0.2) is 19.7 Å². The molecule has 0 heterocycles. The zero-order valence-electron chi connectivity index (χ0n) is 7.78. The van der Waals surface area contributed by atoms with Gasteiger partial charge in [0.1, 0.15) is 0 Å². The topological polar surface area (TPSA) is 80.3 Å². The fourth-order valence-corrected chi connectivity index (χ4v) is 1.92. The lowest BCUT2D eigenvalue weighted by molar-refractivity contribution is 0.584. The van der Waals surface area contributed by atoms with Gasteiger partial charge in [-0.2, -0.15) is 0 Å². The number of hydrogen-bond acceptors (Lipinski definition) is 5. The maximum atomic E-state index is 10.9. The van der Waals surface area contributed by atoms with E-state index < -0.39 is 19.7 Å². The van der Waals surface area contributed by atoms with Gasteiger partial charge in [-0.3, -0.25) is 5.32 Å². The first kappa shape index (κ1) is 12.9. The zero-order chi connectivity index (χ0) is 10.5. The molecule has 0 aromatic heterocycles. The zero-order valence-corrected chi connectivity index (χ0v) is 9.41. The highest BCUT2D eigenvalue weighted by Gasteiger charge is 2.10. The lowest BCUT2D eigenvalue weighted by atomic mass is 11.0. The van der Waals surface area contributed by atoms with E-state index in [1.54, 1.807) is 0 Å². The molecular formula is C6H15NO4S2. The van der Waals surface area contributed by atoms with Crippen molar-refractivity contribution in [3.63, 3.8) is 0 Å². The molecule has 0 fully saturated rings. The molecule has 0 rings (SSSR count). The second kappa shape index (κ2) is 4.92. The van der Waals surface area contributed by atoms with E-state index in [9.17, 15) is 16.8 Å². The van der Waals surface area contributed by atoms with Crippen LogP contribution in [0.2, 0.25) is 0 Å². The fourth-order valence-electron chi connectivity index (χ4n) is 0.557. The number of sulfone groups is 2. The average molecular weight is 229 g/mol. The number of hydrogen-bond donors (Lipinski definition) is 1. The van der Waals surface area contributed by atoms with E-state index >= 15 is 0 Å².